The third-order valence-corrected chi connectivity index (χ3v) is 1.88. The maximum Gasteiger partial charge on any atom is 0.167 e. The van der Waals surface area contributed by atoms with Gasteiger partial charge < -0.3 is 10.5 Å². The Morgan fingerprint density at radius 1 is 1.47 bits per heavy atom. The van der Waals surface area contributed by atoms with Crippen LogP contribution in [0.25, 0.3) is 5.69 Å². The number of nitrogens with zero attached hydrogens (tertiary/aromatic N) is 3. The first-order valence-electron chi connectivity index (χ1n) is 4.22. The molecule has 0 radical (unpaired) electrons. The molecule has 0 bridgehead atoms. The van der Waals surface area contributed by atoms with Crippen LogP contribution in [0.1, 0.15) is 0 Å². The maximum absolute atomic E-state index is 13.3. The summed E-state index contributed by atoms with van der Waals surface area (Å²) in [5.74, 6) is -0.00373. The minimum absolute atomic E-state index is 0.180. The predicted octanol–water partition coefficient (Wildman–Crippen LogP) is 0.997. The summed E-state index contributed by atoms with van der Waals surface area (Å²) < 4.78 is 18.1. The van der Waals surface area contributed by atoms with Crippen molar-refractivity contribution in [2.24, 2.45) is 0 Å². The molecule has 78 valence electrons. The van der Waals surface area contributed by atoms with E-state index < -0.39 is 5.82 Å². The van der Waals surface area contributed by atoms with Crippen LogP contribution >= 0.6 is 0 Å². The van der Waals surface area contributed by atoms with Gasteiger partial charge in [0, 0.05) is 6.07 Å². The summed E-state index contributed by atoms with van der Waals surface area (Å²) in [7, 11) is 1.40. The molecule has 2 rings (SSSR count). The van der Waals surface area contributed by atoms with Crippen molar-refractivity contribution in [2.75, 3.05) is 12.8 Å². The van der Waals surface area contributed by atoms with Gasteiger partial charge in [-0.25, -0.2) is 4.39 Å². The SMILES string of the molecule is COc1ccc(-n2ncc(N)n2)cc1F. The molecule has 1 heterocycles. The Bertz CT molecular complexity index is 483. The highest BCUT2D eigenvalue weighted by Crippen LogP contribution is 2.19. The first-order chi connectivity index (χ1) is 7.20. The lowest BCUT2D eigenvalue weighted by Crippen LogP contribution is -2.00. The average Bonchev–Trinajstić information content (AvgIpc) is 2.65. The van der Waals surface area contributed by atoms with Gasteiger partial charge in [-0.1, -0.05) is 0 Å². The number of ether oxygens (including phenoxy) is 1. The van der Waals surface area contributed by atoms with Crippen LogP contribution in [0.3, 0.4) is 0 Å². The van der Waals surface area contributed by atoms with Gasteiger partial charge in [0.05, 0.1) is 19.0 Å². The second-order valence-corrected chi connectivity index (χ2v) is 2.88. The van der Waals surface area contributed by atoms with Crippen LogP contribution in [0.5, 0.6) is 5.75 Å². The van der Waals surface area contributed by atoms with Crippen molar-refractivity contribution in [3.05, 3.63) is 30.2 Å². The van der Waals surface area contributed by atoms with Crippen molar-refractivity contribution < 1.29 is 9.13 Å². The average molecular weight is 208 g/mol. The molecular formula is C9H9FN4O. The van der Waals surface area contributed by atoms with Gasteiger partial charge in [0.15, 0.2) is 17.4 Å². The molecule has 0 saturated heterocycles. The monoisotopic (exact) mass is 208 g/mol. The summed E-state index contributed by atoms with van der Waals surface area (Å²) in [4.78, 5) is 1.25. The molecule has 2 N–H and O–H groups in total. The molecule has 0 atom stereocenters. The van der Waals surface area contributed by atoms with Crippen molar-refractivity contribution in [3.8, 4) is 11.4 Å². The van der Waals surface area contributed by atoms with Gasteiger partial charge in [-0.15, -0.1) is 9.90 Å². The largest absolute Gasteiger partial charge is 0.494 e. The number of hydrogen-bond acceptors (Lipinski definition) is 4. The molecule has 1 aromatic heterocycles. The molecule has 0 amide bonds. The molecule has 0 unspecified atom stereocenters. The molecule has 5 nitrogen and oxygen atoms in total. The van der Waals surface area contributed by atoms with E-state index in [4.69, 9.17) is 10.5 Å². The van der Waals surface area contributed by atoms with E-state index in [0.717, 1.165) is 0 Å². The molecule has 6 heteroatoms. The molecule has 0 aliphatic heterocycles. The minimum atomic E-state index is -0.467. The fourth-order valence-electron chi connectivity index (χ4n) is 1.18. The number of hydrogen-bond donors (Lipinski definition) is 1. The van der Waals surface area contributed by atoms with Crippen molar-refractivity contribution in [3.63, 3.8) is 0 Å². The van der Waals surface area contributed by atoms with Gasteiger partial charge in [-0.3, -0.25) is 0 Å². The molecule has 2 aromatic rings. The summed E-state index contributed by atoms with van der Waals surface area (Å²) in [5, 5.41) is 7.71. The van der Waals surface area contributed by atoms with Gasteiger partial charge >= 0.3 is 0 Å². The highest BCUT2D eigenvalue weighted by Gasteiger charge is 2.06. The Labute approximate surface area is 85.3 Å². The zero-order valence-corrected chi connectivity index (χ0v) is 8.01. The van der Waals surface area contributed by atoms with Gasteiger partial charge in [0.25, 0.3) is 0 Å². The molecule has 0 aliphatic rings. The molecule has 0 saturated carbocycles. The summed E-state index contributed by atoms with van der Waals surface area (Å²) in [6.07, 6.45) is 1.39. The topological polar surface area (TPSA) is 66.0 Å². The Balaban J connectivity index is 2.42. The third kappa shape index (κ3) is 1.74. The first kappa shape index (κ1) is 9.45. The predicted molar refractivity (Wildman–Crippen MR) is 52.3 cm³/mol. The summed E-state index contributed by atoms with van der Waals surface area (Å²) in [6.45, 7) is 0. The van der Waals surface area contributed by atoms with Gasteiger partial charge in [0.2, 0.25) is 0 Å². The zero-order valence-electron chi connectivity index (χ0n) is 8.01. The van der Waals surface area contributed by atoms with E-state index in [-0.39, 0.29) is 11.6 Å². The van der Waals surface area contributed by atoms with Crippen LogP contribution in [0, 0.1) is 5.82 Å². The van der Waals surface area contributed by atoms with Crippen LogP contribution in [0.2, 0.25) is 0 Å². The van der Waals surface area contributed by atoms with Crippen molar-refractivity contribution in [1.29, 1.82) is 0 Å². The quantitative estimate of drug-likeness (QED) is 0.799. The van der Waals surface area contributed by atoms with E-state index in [0.29, 0.717) is 5.69 Å². The smallest absolute Gasteiger partial charge is 0.167 e. The standard InChI is InChI=1S/C9H9FN4O/c1-15-8-3-2-6(4-7(8)10)14-12-5-9(11)13-14/h2-5H,1H3,(H2,11,13). The van der Waals surface area contributed by atoms with Crippen LogP contribution in [0.15, 0.2) is 24.4 Å². The van der Waals surface area contributed by atoms with E-state index in [9.17, 15) is 4.39 Å². The van der Waals surface area contributed by atoms with Crippen LogP contribution in [-0.2, 0) is 0 Å². The van der Waals surface area contributed by atoms with Crippen LogP contribution < -0.4 is 10.5 Å². The summed E-state index contributed by atoms with van der Waals surface area (Å²) >= 11 is 0. The zero-order chi connectivity index (χ0) is 10.8. The summed E-state index contributed by atoms with van der Waals surface area (Å²) in [6, 6.07) is 4.42. The van der Waals surface area contributed by atoms with Crippen molar-refractivity contribution in [2.45, 2.75) is 0 Å². The summed E-state index contributed by atoms with van der Waals surface area (Å²) in [5.41, 5.74) is 5.89. The number of aromatic nitrogens is 3. The fraction of sp³-hybridized carbons (Fsp3) is 0.111. The number of methoxy groups -OCH3 is 1. The van der Waals surface area contributed by atoms with E-state index in [1.807, 2.05) is 0 Å². The normalized spacial score (nSPS) is 10.3. The van der Waals surface area contributed by atoms with Gasteiger partial charge in [-0.05, 0) is 12.1 Å². The van der Waals surface area contributed by atoms with E-state index >= 15 is 0 Å². The van der Waals surface area contributed by atoms with E-state index in [1.165, 1.54) is 30.2 Å². The molecule has 15 heavy (non-hydrogen) atoms. The Morgan fingerprint density at radius 2 is 2.27 bits per heavy atom. The van der Waals surface area contributed by atoms with Gasteiger partial charge in [0.1, 0.15) is 0 Å². The first-order valence-corrected chi connectivity index (χ1v) is 4.22. The Hall–Kier alpha value is -2.11. The van der Waals surface area contributed by atoms with Gasteiger partial charge in [-0.2, -0.15) is 5.10 Å². The fourth-order valence-corrected chi connectivity index (χ4v) is 1.18. The number of rotatable bonds is 2. The lowest BCUT2D eigenvalue weighted by Gasteiger charge is -2.03. The number of nitrogen functional groups attached to an aromatic ring is 1. The second kappa shape index (κ2) is 3.56. The second-order valence-electron chi connectivity index (χ2n) is 2.88. The molecule has 0 aliphatic carbocycles. The number of anilines is 1. The number of nitrogens with two attached hydrogens (primary N) is 1. The van der Waals surface area contributed by atoms with Crippen LogP contribution in [0.4, 0.5) is 10.2 Å². The molecule has 0 spiro atoms. The maximum atomic E-state index is 13.3. The lowest BCUT2D eigenvalue weighted by atomic mass is 10.3. The molecule has 1 aromatic carbocycles. The number of halogens is 1. The van der Waals surface area contributed by atoms with Crippen molar-refractivity contribution >= 4 is 5.82 Å². The lowest BCUT2D eigenvalue weighted by molar-refractivity contribution is 0.386. The Morgan fingerprint density at radius 3 is 2.80 bits per heavy atom. The van der Waals surface area contributed by atoms with E-state index in [2.05, 4.69) is 10.2 Å². The Kier molecular flexibility index (Phi) is 2.24. The van der Waals surface area contributed by atoms with Crippen molar-refractivity contribution in [1.82, 2.24) is 15.0 Å². The highest BCUT2D eigenvalue weighted by molar-refractivity contribution is 5.38. The van der Waals surface area contributed by atoms with E-state index in [1.54, 1.807) is 6.07 Å². The third-order valence-electron chi connectivity index (χ3n) is 1.88. The van der Waals surface area contributed by atoms with Crippen LogP contribution in [-0.4, -0.2) is 22.1 Å². The number of benzene rings is 1. The molecular weight excluding hydrogens is 199 g/mol. The minimum Gasteiger partial charge on any atom is -0.494 e. The molecule has 0 fully saturated rings. The highest BCUT2D eigenvalue weighted by atomic mass is 19.1.